The molecule has 0 aliphatic carbocycles. The monoisotopic (exact) mass is 430 g/mol. The molecule has 0 aromatic heterocycles. The number of halogens is 1. The number of hydrogen-bond donors (Lipinski definition) is 1. The average Bonchev–Trinajstić information content (AvgIpc) is 3.12. The van der Waals surface area contributed by atoms with Crippen LogP contribution in [0.2, 0.25) is 5.02 Å². The van der Waals surface area contributed by atoms with Gasteiger partial charge in [-0.25, -0.2) is 0 Å². The van der Waals surface area contributed by atoms with E-state index in [1.807, 2.05) is 32.0 Å². The molecule has 30 heavy (non-hydrogen) atoms. The van der Waals surface area contributed by atoms with Crippen LogP contribution in [0.5, 0.6) is 11.5 Å². The molecule has 3 rings (SSSR count). The standard InChI is InChI=1S/C23H27ClN2O4/c1-3-29-20-10-5-16(15-21(20)30-4-2)11-13-25-22(27)19-12-14-26(23(19)28)18-8-6-17(24)7-9-18/h5-10,15,19H,3-4,11-14H2,1-2H3,(H,25,27)/t19-/m1/s1. The summed E-state index contributed by atoms with van der Waals surface area (Å²) in [5.41, 5.74) is 1.79. The lowest BCUT2D eigenvalue weighted by atomic mass is 10.1. The molecular formula is C23H27ClN2O4. The Morgan fingerprint density at radius 3 is 2.50 bits per heavy atom. The summed E-state index contributed by atoms with van der Waals surface area (Å²) in [5.74, 6) is 0.362. The zero-order valence-corrected chi connectivity index (χ0v) is 18.1. The van der Waals surface area contributed by atoms with Gasteiger partial charge in [-0.2, -0.15) is 0 Å². The van der Waals surface area contributed by atoms with Crippen LogP contribution >= 0.6 is 11.6 Å². The van der Waals surface area contributed by atoms with Crippen LogP contribution in [-0.2, 0) is 16.0 Å². The van der Waals surface area contributed by atoms with Crippen molar-refractivity contribution in [2.45, 2.75) is 26.7 Å². The van der Waals surface area contributed by atoms with Gasteiger partial charge in [0.25, 0.3) is 0 Å². The van der Waals surface area contributed by atoms with Crippen LogP contribution in [-0.4, -0.2) is 38.1 Å². The summed E-state index contributed by atoms with van der Waals surface area (Å²) < 4.78 is 11.2. The quantitative estimate of drug-likeness (QED) is 0.613. The first-order chi connectivity index (χ1) is 14.5. The smallest absolute Gasteiger partial charge is 0.239 e. The maximum absolute atomic E-state index is 12.7. The van der Waals surface area contributed by atoms with E-state index in [0.717, 1.165) is 11.3 Å². The molecule has 1 heterocycles. The van der Waals surface area contributed by atoms with Crippen molar-refractivity contribution in [1.82, 2.24) is 5.32 Å². The third kappa shape index (κ3) is 5.25. The third-order valence-electron chi connectivity index (χ3n) is 4.98. The Hall–Kier alpha value is -2.73. The van der Waals surface area contributed by atoms with E-state index in [9.17, 15) is 9.59 Å². The lowest BCUT2D eigenvalue weighted by molar-refractivity contribution is -0.132. The molecule has 0 spiro atoms. The maximum atomic E-state index is 12.7. The number of ether oxygens (including phenoxy) is 2. The largest absolute Gasteiger partial charge is 0.490 e. The number of anilines is 1. The Morgan fingerprint density at radius 1 is 1.10 bits per heavy atom. The molecule has 1 aliphatic rings. The van der Waals surface area contributed by atoms with Crippen molar-refractivity contribution in [3.63, 3.8) is 0 Å². The number of nitrogens with zero attached hydrogens (tertiary/aromatic N) is 1. The minimum atomic E-state index is -0.653. The van der Waals surface area contributed by atoms with Crippen molar-refractivity contribution in [1.29, 1.82) is 0 Å². The molecule has 1 fully saturated rings. The van der Waals surface area contributed by atoms with E-state index >= 15 is 0 Å². The zero-order valence-electron chi connectivity index (χ0n) is 17.3. The highest BCUT2D eigenvalue weighted by Gasteiger charge is 2.37. The van der Waals surface area contributed by atoms with E-state index in [2.05, 4.69) is 5.32 Å². The highest BCUT2D eigenvalue weighted by Crippen LogP contribution is 2.29. The Balaban J connectivity index is 1.54. The van der Waals surface area contributed by atoms with Crippen LogP contribution < -0.4 is 19.7 Å². The Labute approximate surface area is 182 Å². The number of rotatable bonds is 9. The first-order valence-electron chi connectivity index (χ1n) is 10.3. The zero-order chi connectivity index (χ0) is 21.5. The Morgan fingerprint density at radius 2 is 1.80 bits per heavy atom. The molecule has 2 amide bonds. The van der Waals surface area contributed by atoms with E-state index in [-0.39, 0.29) is 11.8 Å². The van der Waals surface area contributed by atoms with Crippen molar-refractivity contribution in [2.24, 2.45) is 5.92 Å². The highest BCUT2D eigenvalue weighted by molar-refractivity contribution is 6.30. The van der Waals surface area contributed by atoms with Crippen LogP contribution in [0.3, 0.4) is 0 Å². The second-order valence-electron chi connectivity index (χ2n) is 7.00. The van der Waals surface area contributed by atoms with Gasteiger partial charge in [0.2, 0.25) is 11.8 Å². The van der Waals surface area contributed by atoms with Gasteiger partial charge in [0, 0.05) is 23.8 Å². The second kappa shape index (κ2) is 10.3. The van der Waals surface area contributed by atoms with Crippen molar-refractivity contribution in [2.75, 3.05) is 31.2 Å². The van der Waals surface area contributed by atoms with E-state index < -0.39 is 5.92 Å². The molecular weight excluding hydrogens is 404 g/mol. The summed E-state index contributed by atoms with van der Waals surface area (Å²) in [4.78, 5) is 26.9. The third-order valence-corrected chi connectivity index (χ3v) is 5.23. The van der Waals surface area contributed by atoms with E-state index in [1.165, 1.54) is 0 Å². The summed E-state index contributed by atoms with van der Waals surface area (Å²) in [7, 11) is 0. The van der Waals surface area contributed by atoms with Gasteiger partial charge in [0.15, 0.2) is 11.5 Å². The lowest BCUT2D eigenvalue weighted by Crippen LogP contribution is -2.37. The SMILES string of the molecule is CCOc1ccc(CCNC(=O)[C@H]2CCN(c3ccc(Cl)cc3)C2=O)cc1OCC. The van der Waals surface area contributed by atoms with Crippen LogP contribution in [0.25, 0.3) is 0 Å². The number of benzene rings is 2. The van der Waals surface area contributed by atoms with Crippen LogP contribution in [0.15, 0.2) is 42.5 Å². The fourth-order valence-corrected chi connectivity index (χ4v) is 3.63. The average molecular weight is 431 g/mol. The molecule has 7 heteroatoms. The van der Waals surface area contributed by atoms with Gasteiger partial charge in [-0.15, -0.1) is 0 Å². The second-order valence-corrected chi connectivity index (χ2v) is 7.43. The minimum Gasteiger partial charge on any atom is -0.490 e. The summed E-state index contributed by atoms with van der Waals surface area (Å²) in [5, 5.41) is 3.51. The number of amides is 2. The van der Waals surface area contributed by atoms with E-state index in [1.54, 1.807) is 29.2 Å². The summed E-state index contributed by atoms with van der Waals surface area (Å²) in [6.07, 6.45) is 1.14. The van der Waals surface area contributed by atoms with Gasteiger partial charge in [0.05, 0.1) is 13.2 Å². The molecule has 6 nitrogen and oxygen atoms in total. The normalized spacial score (nSPS) is 15.9. The van der Waals surface area contributed by atoms with Gasteiger partial charge < -0.3 is 19.7 Å². The van der Waals surface area contributed by atoms with E-state index in [0.29, 0.717) is 55.7 Å². The molecule has 0 radical (unpaired) electrons. The molecule has 1 aliphatic heterocycles. The number of hydrogen-bond acceptors (Lipinski definition) is 4. The molecule has 1 saturated heterocycles. The van der Waals surface area contributed by atoms with Crippen LogP contribution in [0.1, 0.15) is 25.8 Å². The molecule has 0 unspecified atom stereocenters. The van der Waals surface area contributed by atoms with Gasteiger partial charge >= 0.3 is 0 Å². The van der Waals surface area contributed by atoms with Gasteiger partial charge in [0.1, 0.15) is 5.92 Å². The lowest BCUT2D eigenvalue weighted by Gasteiger charge is -2.17. The molecule has 2 aromatic rings. The van der Waals surface area contributed by atoms with Crippen molar-refractivity contribution < 1.29 is 19.1 Å². The molecule has 1 N–H and O–H groups in total. The van der Waals surface area contributed by atoms with Crippen LogP contribution in [0.4, 0.5) is 5.69 Å². The maximum Gasteiger partial charge on any atom is 0.239 e. The number of nitrogens with one attached hydrogen (secondary N) is 1. The highest BCUT2D eigenvalue weighted by atomic mass is 35.5. The molecule has 2 aromatic carbocycles. The predicted octanol–water partition coefficient (Wildman–Crippen LogP) is 3.85. The summed E-state index contributed by atoms with van der Waals surface area (Å²) in [6.45, 7) is 5.94. The molecule has 1 atom stereocenters. The van der Waals surface area contributed by atoms with Crippen molar-refractivity contribution in [3.05, 3.63) is 53.1 Å². The fraction of sp³-hybridized carbons (Fsp3) is 0.391. The van der Waals surface area contributed by atoms with Gasteiger partial charge in [-0.1, -0.05) is 17.7 Å². The van der Waals surface area contributed by atoms with Gasteiger partial charge in [-0.3, -0.25) is 9.59 Å². The summed E-state index contributed by atoms with van der Waals surface area (Å²) >= 11 is 5.91. The topological polar surface area (TPSA) is 67.9 Å². The fourth-order valence-electron chi connectivity index (χ4n) is 3.50. The van der Waals surface area contributed by atoms with E-state index in [4.69, 9.17) is 21.1 Å². The minimum absolute atomic E-state index is 0.172. The molecule has 0 bridgehead atoms. The predicted molar refractivity (Wildman–Crippen MR) is 117 cm³/mol. The van der Waals surface area contributed by atoms with Crippen molar-refractivity contribution >= 4 is 29.1 Å². The van der Waals surface area contributed by atoms with Gasteiger partial charge in [-0.05, 0) is 68.7 Å². The summed E-state index contributed by atoms with van der Waals surface area (Å²) in [6, 6.07) is 12.9. The van der Waals surface area contributed by atoms with Crippen LogP contribution in [0, 0.1) is 5.92 Å². The van der Waals surface area contributed by atoms with Crippen molar-refractivity contribution in [3.8, 4) is 11.5 Å². The molecule has 0 saturated carbocycles. The first-order valence-corrected chi connectivity index (χ1v) is 10.6. The Bertz CT molecular complexity index is 885. The number of carbonyl (C=O) groups is 2. The first kappa shape index (κ1) is 22.0. The molecule has 160 valence electrons. The Kier molecular flexibility index (Phi) is 7.57. The number of carbonyl (C=O) groups excluding carboxylic acids is 2.